The molecular weight excluding hydrogens is 318 g/mol. The SMILES string of the molecule is CC1CN(S(=O)(=O)c2ccc(Br)cc2)CCC1=O. The summed E-state index contributed by atoms with van der Waals surface area (Å²) in [6.45, 7) is 2.32. The second kappa shape index (κ2) is 5.11. The number of carbonyl (C=O) groups excluding carboxylic acids is 1. The van der Waals surface area contributed by atoms with Crippen LogP contribution in [-0.2, 0) is 14.8 Å². The van der Waals surface area contributed by atoms with Crippen LogP contribution in [0, 0.1) is 5.92 Å². The predicted octanol–water partition coefficient (Wildman–Crippen LogP) is 2.05. The number of ketones is 1. The second-order valence-electron chi connectivity index (χ2n) is 4.43. The van der Waals surface area contributed by atoms with Crippen LogP contribution in [0.3, 0.4) is 0 Å². The van der Waals surface area contributed by atoms with Crippen LogP contribution >= 0.6 is 15.9 Å². The van der Waals surface area contributed by atoms with Crippen LogP contribution in [0.5, 0.6) is 0 Å². The molecule has 0 bridgehead atoms. The molecule has 0 radical (unpaired) electrons. The first kappa shape index (κ1) is 13.7. The zero-order valence-corrected chi connectivity index (χ0v) is 12.4. The summed E-state index contributed by atoms with van der Waals surface area (Å²) in [5.74, 6) is -0.0822. The van der Waals surface area contributed by atoms with Gasteiger partial charge in [-0.05, 0) is 24.3 Å². The number of hydrogen-bond acceptors (Lipinski definition) is 3. The van der Waals surface area contributed by atoms with Crippen molar-refractivity contribution in [3.8, 4) is 0 Å². The number of halogens is 1. The number of piperidine rings is 1. The normalized spacial score (nSPS) is 22.1. The first-order chi connectivity index (χ1) is 8.41. The van der Waals surface area contributed by atoms with Crippen LogP contribution in [0.15, 0.2) is 33.6 Å². The van der Waals surface area contributed by atoms with E-state index in [1.807, 2.05) is 0 Å². The van der Waals surface area contributed by atoms with Gasteiger partial charge in [0.1, 0.15) is 5.78 Å². The van der Waals surface area contributed by atoms with Gasteiger partial charge in [-0.2, -0.15) is 4.31 Å². The molecular formula is C12H14BrNO3S. The van der Waals surface area contributed by atoms with Crippen LogP contribution in [0.2, 0.25) is 0 Å². The standard InChI is InChI=1S/C12H14BrNO3S/c1-9-8-14(7-6-12(9)15)18(16,17)11-4-2-10(13)3-5-11/h2-5,9H,6-8H2,1H3. The maximum Gasteiger partial charge on any atom is 0.243 e. The molecule has 1 heterocycles. The molecule has 0 aliphatic carbocycles. The Hall–Kier alpha value is -0.720. The van der Waals surface area contributed by atoms with E-state index in [0.717, 1.165) is 4.47 Å². The molecule has 1 aromatic rings. The highest BCUT2D eigenvalue weighted by atomic mass is 79.9. The maximum absolute atomic E-state index is 12.4. The summed E-state index contributed by atoms with van der Waals surface area (Å²) in [5, 5.41) is 0. The Kier molecular flexibility index (Phi) is 3.89. The molecule has 0 spiro atoms. The van der Waals surface area contributed by atoms with E-state index >= 15 is 0 Å². The van der Waals surface area contributed by atoms with Gasteiger partial charge in [-0.1, -0.05) is 22.9 Å². The fourth-order valence-electron chi connectivity index (χ4n) is 1.95. The third-order valence-electron chi connectivity index (χ3n) is 3.09. The van der Waals surface area contributed by atoms with Gasteiger partial charge in [-0.15, -0.1) is 0 Å². The second-order valence-corrected chi connectivity index (χ2v) is 7.29. The van der Waals surface area contributed by atoms with Crippen LogP contribution < -0.4 is 0 Å². The molecule has 6 heteroatoms. The molecule has 0 N–H and O–H groups in total. The summed E-state index contributed by atoms with van der Waals surface area (Å²) >= 11 is 3.27. The summed E-state index contributed by atoms with van der Waals surface area (Å²) in [6, 6.07) is 6.54. The quantitative estimate of drug-likeness (QED) is 0.833. The average Bonchev–Trinajstić information content (AvgIpc) is 2.33. The molecule has 1 atom stereocenters. The number of benzene rings is 1. The lowest BCUT2D eigenvalue weighted by molar-refractivity contribution is -0.124. The maximum atomic E-state index is 12.4. The molecule has 1 aliphatic heterocycles. The summed E-state index contributed by atoms with van der Waals surface area (Å²) in [7, 11) is -3.47. The Balaban J connectivity index is 2.26. The topological polar surface area (TPSA) is 54.5 Å². The summed E-state index contributed by atoms with van der Waals surface area (Å²) in [4.78, 5) is 11.7. The molecule has 1 aromatic carbocycles. The minimum atomic E-state index is -3.47. The van der Waals surface area contributed by atoms with Crippen molar-refractivity contribution >= 4 is 31.7 Å². The van der Waals surface area contributed by atoms with Crippen LogP contribution in [0.25, 0.3) is 0 Å². The van der Waals surface area contributed by atoms with Crippen LogP contribution in [0.4, 0.5) is 0 Å². The monoisotopic (exact) mass is 331 g/mol. The van der Waals surface area contributed by atoms with Crippen molar-refractivity contribution in [3.63, 3.8) is 0 Å². The molecule has 0 amide bonds. The van der Waals surface area contributed by atoms with Crippen molar-refractivity contribution in [2.75, 3.05) is 13.1 Å². The van der Waals surface area contributed by atoms with E-state index in [1.165, 1.54) is 4.31 Å². The fourth-order valence-corrected chi connectivity index (χ4v) is 3.75. The summed E-state index contributed by atoms with van der Waals surface area (Å²) in [5.41, 5.74) is 0. The van der Waals surface area contributed by atoms with E-state index in [4.69, 9.17) is 0 Å². The number of sulfonamides is 1. The molecule has 2 rings (SSSR count). The van der Waals surface area contributed by atoms with Crippen molar-refractivity contribution in [2.24, 2.45) is 5.92 Å². The van der Waals surface area contributed by atoms with Gasteiger partial charge >= 0.3 is 0 Å². The first-order valence-corrected chi connectivity index (χ1v) is 7.93. The molecule has 18 heavy (non-hydrogen) atoms. The van der Waals surface area contributed by atoms with Crippen molar-refractivity contribution in [3.05, 3.63) is 28.7 Å². The van der Waals surface area contributed by atoms with Gasteiger partial charge in [-0.25, -0.2) is 8.42 Å². The average molecular weight is 332 g/mol. The largest absolute Gasteiger partial charge is 0.299 e. The van der Waals surface area contributed by atoms with Gasteiger partial charge in [0.05, 0.1) is 4.90 Å². The predicted molar refractivity (Wildman–Crippen MR) is 71.7 cm³/mol. The van der Waals surface area contributed by atoms with Gasteiger partial charge < -0.3 is 0 Å². The highest BCUT2D eigenvalue weighted by molar-refractivity contribution is 9.10. The summed E-state index contributed by atoms with van der Waals surface area (Å²) in [6.07, 6.45) is 0.303. The number of nitrogens with zero attached hydrogens (tertiary/aromatic N) is 1. The lowest BCUT2D eigenvalue weighted by atomic mass is 10.0. The third-order valence-corrected chi connectivity index (χ3v) is 5.49. The Morgan fingerprint density at radius 2 is 1.89 bits per heavy atom. The van der Waals surface area contributed by atoms with Gasteiger partial charge in [0.25, 0.3) is 0 Å². The molecule has 1 saturated heterocycles. The zero-order valence-electron chi connectivity index (χ0n) is 9.97. The smallest absolute Gasteiger partial charge is 0.243 e. The number of carbonyl (C=O) groups is 1. The number of hydrogen-bond donors (Lipinski definition) is 0. The van der Waals surface area contributed by atoms with E-state index in [0.29, 0.717) is 6.42 Å². The van der Waals surface area contributed by atoms with Crippen molar-refractivity contribution in [2.45, 2.75) is 18.2 Å². The van der Waals surface area contributed by atoms with Crippen molar-refractivity contribution in [1.29, 1.82) is 0 Å². The van der Waals surface area contributed by atoms with E-state index in [1.54, 1.807) is 31.2 Å². The molecule has 1 aliphatic rings. The highest BCUT2D eigenvalue weighted by Gasteiger charge is 2.32. The Morgan fingerprint density at radius 1 is 1.28 bits per heavy atom. The van der Waals surface area contributed by atoms with Gasteiger partial charge in [0.2, 0.25) is 10.0 Å². The van der Waals surface area contributed by atoms with E-state index < -0.39 is 10.0 Å². The summed E-state index contributed by atoms with van der Waals surface area (Å²) < 4.78 is 26.9. The molecule has 0 saturated carbocycles. The van der Waals surface area contributed by atoms with Crippen molar-refractivity contribution < 1.29 is 13.2 Å². The first-order valence-electron chi connectivity index (χ1n) is 5.69. The van der Waals surface area contributed by atoms with E-state index in [2.05, 4.69) is 15.9 Å². The lowest BCUT2D eigenvalue weighted by Gasteiger charge is -2.29. The lowest BCUT2D eigenvalue weighted by Crippen LogP contribution is -2.43. The molecule has 0 aromatic heterocycles. The number of Topliss-reactive ketones (excluding diaryl/α,β-unsaturated/α-hetero) is 1. The van der Waals surface area contributed by atoms with Gasteiger partial charge in [-0.3, -0.25) is 4.79 Å². The zero-order chi connectivity index (χ0) is 13.3. The Morgan fingerprint density at radius 3 is 2.44 bits per heavy atom. The Labute approximate surface area is 115 Å². The highest BCUT2D eigenvalue weighted by Crippen LogP contribution is 2.23. The minimum Gasteiger partial charge on any atom is -0.299 e. The molecule has 4 nitrogen and oxygen atoms in total. The number of rotatable bonds is 2. The van der Waals surface area contributed by atoms with E-state index in [-0.39, 0.29) is 29.7 Å². The molecule has 98 valence electrons. The minimum absolute atomic E-state index is 0.136. The van der Waals surface area contributed by atoms with E-state index in [9.17, 15) is 13.2 Å². The van der Waals surface area contributed by atoms with Crippen LogP contribution in [-0.4, -0.2) is 31.6 Å². The fraction of sp³-hybridized carbons (Fsp3) is 0.417. The Bertz CT molecular complexity index is 553. The van der Waals surface area contributed by atoms with Crippen LogP contribution in [0.1, 0.15) is 13.3 Å². The third kappa shape index (κ3) is 2.65. The molecule has 1 unspecified atom stereocenters. The van der Waals surface area contributed by atoms with Gasteiger partial charge in [0, 0.05) is 29.9 Å². The molecule has 1 fully saturated rings. The van der Waals surface area contributed by atoms with Crippen molar-refractivity contribution in [1.82, 2.24) is 4.31 Å². The van der Waals surface area contributed by atoms with Gasteiger partial charge in [0.15, 0.2) is 0 Å².